The lowest BCUT2D eigenvalue weighted by Crippen LogP contribution is -2.25. The van der Waals surface area contributed by atoms with Crippen molar-refractivity contribution in [1.29, 1.82) is 0 Å². The Morgan fingerprint density at radius 3 is 2.67 bits per heavy atom. The number of ether oxygens (including phenoxy) is 1. The van der Waals surface area contributed by atoms with Crippen molar-refractivity contribution in [3.05, 3.63) is 23.8 Å². The average Bonchev–Trinajstić information content (AvgIpc) is 2.23. The van der Waals surface area contributed by atoms with Crippen LogP contribution in [-0.2, 0) is 19.6 Å². The van der Waals surface area contributed by atoms with Gasteiger partial charge in [-0.05, 0) is 25.5 Å². The van der Waals surface area contributed by atoms with Gasteiger partial charge in [-0.15, -0.1) is 0 Å². The minimum Gasteiger partial charge on any atom is -0.465 e. The van der Waals surface area contributed by atoms with Gasteiger partial charge in [0, 0.05) is 0 Å². The van der Waals surface area contributed by atoms with Crippen LogP contribution in [0.2, 0.25) is 0 Å². The topological polar surface area (TPSA) is 98.5 Å². The Morgan fingerprint density at radius 2 is 2.11 bits per heavy atom. The van der Waals surface area contributed by atoms with Gasteiger partial charge < -0.3 is 10.5 Å². The number of sulfonamides is 1. The number of carbonyl (C=O) groups is 1. The number of hydrogen-bond acceptors (Lipinski definition) is 5. The SMILES string of the molecule is CCOC(=O)CS(=O)(=O)Nc1c(C)cccc1N. The number of hydrogen-bond donors (Lipinski definition) is 2. The molecule has 0 heterocycles. The van der Waals surface area contributed by atoms with E-state index in [4.69, 9.17) is 5.73 Å². The van der Waals surface area contributed by atoms with Crippen LogP contribution in [0.4, 0.5) is 11.4 Å². The molecule has 0 saturated carbocycles. The number of para-hydroxylation sites is 1. The van der Waals surface area contributed by atoms with Crippen LogP contribution in [0.5, 0.6) is 0 Å². The number of aryl methyl sites for hydroxylation is 1. The molecule has 0 atom stereocenters. The van der Waals surface area contributed by atoms with E-state index in [1.807, 2.05) is 0 Å². The normalized spacial score (nSPS) is 11.0. The molecule has 1 aromatic carbocycles. The number of nitrogens with one attached hydrogen (secondary N) is 1. The van der Waals surface area contributed by atoms with Gasteiger partial charge in [-0.1, -0.05) is 12.1 Å². The van der Waals surface area contributed by atoms with Crippen molar-refractivity contribution in [3.8, 4) is 0 Å². The van der Waals surface area contributed by atoms with Crippen molar-refractivity contribution in [2.45, 2.75) is 13.8 Å². The highest BCUT2D eigenvalue weighted by atomic mass is 32.2. The first-order valence-corrected chi connectivity index (χ1v) is 7.02. The highest BCUT2D eigenvalue weighted by Gasteiger charge is 2.19. The molecule has 0 aromatic heterocycles. The van der Waals surface area contributed by atoms with Crippen molar-refractivity contribution in [2.24, 2.45) is 0 Å². The first-order valence-electron chi connectivity index (χ1n) is 5.37. The monoisotopic (exact) mass is 272 g/mol. The zero-order chi connectivity index (χ0) is 13.8. The van der Waals surface area contributed by atoms with Gasteiger partial charge in [0.05, 0.1) is 18.0 Å². The van der Waals surface area contributed by atoms with Crippen molar-refractivity contribution >= 4 is 27.4 Å². The van der Waals surface area contributed by atoms with Crippen molar-refractivity contribution in [2.75, 3.05) is 22.8 Å². The Bertz CT molecular complexity index is 520. The number of benzene rings is 1. The molecule has 3 N–H and O–H groups in total. The van der Waals surface area contributed by atoms with Crippen LogP contribution >= 0.6 is 0 Å². The summed E-state index contributed by atoms with van der Waals surface area (Å²) in [5.74, 6) is -1.52. The van der Waals surface area contributed by atoms with E-state index in [2.05, 4.69) is 9.46 Å². The van der Waals surface area contributed by atoms with E-state index < -0.39 is 21.7 Å². The third kappa shape index (κ3) is 3.92. The molecule has 100 valence electrons. The number of carbonyl (C=O) groups excluding carboxylic acids is 1. The number of esters is 1. The van der Waals surface area contributed by atoms with E-state index in [1.54, 1.807) is 32.0 Å². The van der Waals surface area contributed by atoms with Crippen molar-refractivity contribution in [3.63, 3.8) is 0 Å². The van der Waals surface area contributed by atoms with E-state index >= 15 is 0 Å². The number of nitrogens with two attached hydrogens (primary N) is 1. The molecule has 0 aliphatic heterocycles. The van der Waals surface area contributed by atoms with Crippen LogP contribution in [0, 0.1) is 6.92 Å². The maximum atomic E-state index is 11.7. The Balaban J connectivity index is 2.86. The fraction of sp³-hybridized carbons (Fsp3) is 0.364. The maximum absolute atomic E-state index is 11.7. The highest BCUT2D eigenvalue weighted by Crippen LogP contribution is 2.23. The quantitative estimate of drug-likeness (QED) is 0.612. The Kier molecular flexibility index (Phi) is 4.55. The Labute approximate surface area is 106 Å². The molecule has 0 bridgehead atoms. The average molecular weight is 272 g/mol. The molecule has 1 aromatic rings. The summed E-state index contributed by atoms with van der Waals surface area (Å²) in [4.78, 5) is 11.1. The van der Waals surface area contributed by atoms with Gasteiger partial charge >= 0.3 is 5.97 Å². The van der Waals surface area contributed by atoms with E-state index in [0.717, 1.165) is 0 Å². The van der Waals surface area contributed by atoms with Crippen LogP contribution in [0.3, 0.4) is 0 Å². The second kappa shape index (κ2) is 5.72. The van der Waals surface area contributed by atoms with Gasteiger partial charge in [-0.3, -0.25) is 9.52 Å². The van der Waals surface area contributed by atoms with Crippen LogP contribution in [0.25, 0.3) is 0 Å². The highest BCUT2D eigenvalue weighted by molar-refractivity contribution is 7.93. The molecule has 0 fully saturated rings. The third-order valence-corrected chi connectivity index (χ3v) is 3.31. The minimum atomic E-state index is -3.81. The minimum absolute atomic E-state index is 0.140. The summed E-state index contributed by atoms with van der Waals surface area (Å²) in [6.07, 6.45) is 0. The van der Waals surface area contributed by atoms with Gasteiger partial charge in [-0.2, -0.15) is 0 Å². The van der Waals surface area contributed by atoms with E-state index in [-0.39, 0.29) is 6.61 Å². The van der Waals surface area contributed by atoms with E-state index in [1.165, 1.54) is 0 Å². The molecule has 6 nitrogen and oxygen atoms in total. The summed E-state index contributed by atoms with van der Waals surface area (Å²) >= 11 is 0. The fourth-order valence-electron chi connectivity index (χ4n) is 1.38. The number of anilines is 2. The van der Waals surface area contributed by atoms with Crippen LogP contribution in [0.15, 0.2) is 18.2 Å². The van der Waals surface area contributed by atoms with Crippen molar-refractivity contribution < 1.29 is 17.9 Å². The second-order valence-corrected chi connectivity index (χ2v) is 5.43. The predicted molar refractivity (Wildman–Crippen MR) is 69.6 cm³/mol. The maximum Gasteiger partial charge on any atom is 0.323 e. The summed E-state index contributed by atoms with van der Waals surface area (Å²) in [7, 11) is -3.81. The summed E-state index contributed by atoms with van der Waals surface area (Å²) in [5, 5.41) is 0. The molecular weight excluding hydrogens is 256 g/mol. The lowest BCUT2D eigenvalue weighted by atomic mass is 10.2. The number of nitrogen functional groups attached to an aromatic ring is 1. The third-order valence-electron chi connectivity index (χ3n) is 2.18. The molecule has 0 aliphatic rings. The van der Waals surface area contributed by atoms with Gasteiger partial charge in [0.1, 0.15) is 0 Å². The Morgan fingerprint density at radius 1 is 1.44 bits per heavy atom. The summed E-state index contributed by atoms with van der Waals surface area (Å²) in [6, 6.07) is 5.02. The molecular formula is C11H16N2O4S. The fourth-order valence-corrected chi connectivity index (χ4v) is 2.43. The smallest absolute Gasteiger partial charge is 0.323 e. The Hall–Kier alpha value is -1.76. The van der Waals surface area contributed by atoms with Crippen LogP contribution in [-0.4, -0.2) is 26.7 Å². The standard InChI is InChI=1S/C11H16N2O4S/c1-3-17-10(14)7-18(15,16)13-11-8(2)5-4-6-9(11)12/h4-6,13H,3,7,12H2,1-2H3. The lowest BCUT2D eigenvalue weighted by Gasteiger charge is -2.12. The molecule has 0 unspecified atom stereocenters. The zero-order valence-electron chi connectivity index (χ0n) is 10.3. The molecule has 0 amide bonds. The second-order valence-electron chi connectivity index (χ2n) is 3.71. The molecule has 7 heteroatoms. The van der Waals surface area contributed by atoms with Crippen molar-refractivity contribution in [1.82, 2.24) is 0 Å². The first kappa shape index (κ1) is 14.3. The van der Waals surface area contributed by atoms with Gasteiger partial charge in [-0.25, -0.2) is 8.42 Å². The first-order chi connectivity index (χ1) is 8.35. The van der Waals surface area contributed by atoms with Gasteiger partial charge in [0.25, 0.3) is 0 Å². The molecule has 0 spiro atoms. The van der Waals surface area contributed by atoms with Crippen LogP contribution in [0.1, 0.15) is 12.5 Å². The molecule has 0 saturated heterocycles. The molecule has 0 aliphatic carbocycles. The summed E-state index contributed by atoms with van der Waals surface area (Å²) < 4.78 is 30.3. The lowest BCUT2D eigenvalue weighted by molar-refractivity contribution is -0.139. The predicted octanol–water partition coefficient (Wildman–Crippen LogP) is 0.882. The van der Waals surface area contributed by atoms with E-state index in [0.29, 0.717) is 16.9 Å². The van der Waals surface area contributed by atoms with Gasteiger partial charge in [0.15, 0.2) is 5.75 Å². The van der Waals surface area contributed by atoms with Gasteiger partial charge in [0.2, 0.25) is 10.0 Å². The largest absolute Gasteiger partial charge is 0.465 e. The summed E-state index contributed by atoms with van der Waals surface area (Å²) in [6.45, 7) is 3.47. The zero-order valence-corrected chi connectivity index (χ0v) is 11.1. The molecule has 18 heavy (non-hydrogen) atoms. The summed E-state index contributed by atoms with van der Waals surface area (Å²) in [5.41, 5.74) is 6.96. The van der Waals surface area contributed by atoms with Crippen LogP contribution < -0.4 is 10.5 Å². The molecule has 0 radical (unpaired) electrons. The number of rotatable bonds is 5. The molecule has 1 rings (SSSR count). The van der Waals surface area contributed by atoms with E-state index in [9.17, 15) is 13.2 Å².